The van der Waals surface area contributed by atoms with E-state index in [9.17, 15) is 4.79 Å². The Morgan fingerprint density at radius 3 is 2.20 bits per heavy atom. The third kappa shape index (κ3) is 5.31. The molecule has 60 valence electrons. The van der Waals surface area contributed by atoms with Gasteiger partial charge < -0.3 is 9.84 Å². The summed E-state index contributed by atoms with van der Waals surface area (Å²) >= 11 is 0. The van der Waals surface area contributed by atoms with Crippen molar-refractivity contribution >= 4 is 5.97 Å². The standard InChI is InChI=1S/C6H10O3.CH4/c1-4(2)6(8)9-5(3)7;/h5,7H,1H2,2-3H3;1H4. The maximum atomic E-state index is 10.5. The van der Waals surface area contributed by atoms with Gasteiger partial charge in [-0.05, 0) is 13.8 Å². The minimum atomic E-state index is -1.05. The second-order valence-electron chi connectivity index (χ2n) is 1.78. The molecule has 0 radical (unpaired) electrons. The van der Waals surface area contributed by atoms with Crippen LogP contribution in [-0.2, 0) is 9.53 Å². The van der Waals surface area contributed by atoms with Gasteiger partial charge in [0.25, 0.3) is 0 Å². The first-order valence-corrected chi connectivity index (χ1v) is 2.58. The maximum absolute atomic E-state index is 10.5. The van der Waals surface area contributed by atoms with Crippen molar-refractivity contribution in [1.29, 1.82) is 0 Å². The van der Waals surface area contributed by atoms with Crippen LogP contribution < -0.4 is 0 Å². The van der Waals surface area contributed by atoms with Crippen LogP contribution in [0.1, 0.15) is 21.3 Å². The van der Waals surface area contributed by atoms with Crippen LogP contribution in [0.5, 0.6) is 0 Å². The van der Waals surface area contributed by atoms with Gasteiger partial charge in [0.1, 0.15) is 0 Å². The summed E-state index contributed by atoms with van der Waals surface area (Å²) in [6, 6.07) is 0. The molecule has 0 fully saturated rings. The number of hydrogen-bond donors (Lipinski definition) is 1. The smallest absolute Gasteiger partial charge is 0.335 e. The van der Waals surface area contributed by atoms with Crippen LogP contribution in [0.3, 0.4) is 0 Å². The van der Waals surface area contributed by atoms with E-state index in [0.29, 0.717) is 0 Å². The Bertz CT molecular complexity index is 127. The van der Waals surface area contributed by atoms with Crippen molar-refractivity contribution in [2.24, 2.45) is 0 Å². The Kier molecular flexibility index (Phi) is 5.95. The molecule has 0 bridgehead atoms. The molecule has 0 aliphatic carbocycles. The van der Waals surface area contributed by atoms with Gasteiger partial charge in [-0.1, -0.05) is 14.0 Å². The molecule has 0 rings (SSSR count). The summed E-state index contributed by atoms with van der Waals surface area (Å²) in [5.74, 6) is -0.565. The average molecular weight is 146 g/mol. The molecule has 1 unspecified atom stereocenters. The van der Waals surface area contributed by atoms with Crippen LogP contribution in [0.15, 0.2) is 12.2 Å². The van der Waals surface area contributed by atoms with Crippen LogP contribution in [0, 0.1) is 0 Å². The van der Waals surface area contributed by atoms with Gasteiger partial charge in [-0.25, -0.2) is 4.79 Å². The number of aliphatic hydroxyl groups excluding tert-OH is 1. The highest BCUT2D eigenvalue weighted by atomic mass is 16.6. The van der Waals surface area contributed by atoms with E-state index >= 15 is 0 Å². The minimum absolute atomic E-state index is 0. The fourth-order valence-corrected chi connectivity index (χ4v) is 0.255. The number of rotatable bonds is 2. The molecular formula is C7H14O3. The van der Waals surface area contributed by atoms with Crippen molar-refractivity contribution in [2.75, 3.05) is 0 Å². The molecule has 0 saturated carbocycles. The summed E-state index contributed by atoms with van der Waals surface area (Å²) in [5, 5.41) is 8.49. The lowest BCUT2D eigenvalue weighted by Gasteiger charge is -2.04. The zero-order valence-corrected chi connectivity index (χ0v) is 5.55. The molecule has 0 aliphatic heterocycles. The zero-order valence-electron chi connectivity index (χ0n) is 5.55. The molecule has 0 aromatic heterocycles. The van der Waals surface area contributed by atoms with Gasteiger partial charge in [-0.3, -0.25) is 0 Å². The lowest BCUT2D eigenvalue weighted by molar-refractivity contribution is -0.159. The van der Waals surface area contributed by atoms with E-state index in [4.69, 9.17) is 5.11 Å². The van der Waals surface area contributed by atoms with E-state index in [2.05, 4.69) is 11.3 Å². The first-order valence-electron chi connectivity index (χ1n) is 2.58. The molecule has 1 N–H and O–H groups in total. The highest BCUT2D eigenvalue weighted by molar-refractivity contribution is 5.86. The van der Waals surface area contributed by atoms with Crippen molar-refractivity contribution < 1.29 is 14.6 Å². The number of carbonyl (C=O) groups excluding carboxylic acids is 1. The zero-order chi connectivity index (χ0) is 7.44. The van der Waals surface area contributed by atoms with E-state index in [0.717, 1.165) is 0 Å². The van der Waals surface area contributed by atoms with Crippen LogP contribution in [0.25, 0.3) is 0 Å². The quantitative estimate of drug-likeness (QED) is 0.360. The van der Waals surface area contributed by atoms with Gasteiger partial charge in [0.15, 0.2) is 6.29 Å². The maximum Gasteiger partial charge on any atom is 0.335 e. The Hall–Kier alpha value is -0.830. The Balaban J connectivity index is 0. The SMILES string of the molecule is C.C=C(C)C(=O)OC(C)O. The Morgan fingerprint density at radius 1 is 1.70 bits per heavy atom. The second-order valence-corrected chi connectivity index (χ2v) is 1.78. The number of hydrogen-bond acceptors (Lipinski definition) is 3. The normalized spacial score (nSPS) is 11.1. The Labute approximate surface area is 61.3 Å². The van der Waals surface area contributed by atoms with Gasteiger partial charge in [0.2, 0.25) is 0 Å². The minimum Gasteiger partial charge on any atom is -0.433 e. The number of ether oxygens (including phenoxy) is 1. The summed E-state index contributed by atoms with van der Waals surface area (Å²) in [5.41, 5.74) is 0.288. The fourth-order valence-electron chi connectivity index (χ4n) is 0.255. The van der Waals surface area contributed by atoms with E-state index in [1.807, 2.05) is 0 Å². The lowest BCUT2D eigenvalue weighted by atomic mass is 10.4. The van der Waals surface area contributed by atoms with Crippen LogP contribution in [0.2, 0.25) is 0 Å². The summed E-state index contributed by atoms with van der Waals surface area (Å²) in [6.07, 6.45) is -1.05. The third-order valence-corrected chi connectivity index (χ3v) is 0.626. The molecule has 10 heavy (non-hydrogen) atoms. The summed E-state index contributed by atoms with van der Waals surface area (Å²) in [4.78, 5) is 10.5. The molecule has 0 aromatic carbocycles. The molecule has 3 nitrogen and oxygen atoms in total. The summed E-state index contributed by atoms with van der Waals surface area (Å²) < 4.78 is 4.33. The molecule has 0 spiro atoms. The van der Waals surface area contributed by atoms with Gasteiger partial charge in [0, 0.05) is 5.57 Å². The molecule has 0 aliphatic rings. The predicted molar refractivity (Wildman–Crippen MR) is 39.3 cm³/mol. The molecule has 3 heteroatoms. The first-order chi connectivity index (χ1) is 4.04. The predicted octanol–water partition coefficient (Wildman–Crippen LogP) is 1.08. The molecule has 0 heterocycles. The molecule has 1 atom stereocenters. The van der Waals surface area contributed by atoms with E-state index in [1.54, 1.807) is 0 Å². The van der Waals surface area contributed by atoms with Crippen molar-refractivity contribution in [1.82, 2.24) is 0 Å². The lowest BCUT2D eigenvalue weighted by Crippen LogP contribution is -2.13. The van der Waals surface area contributed by atoms with Crippen LogP contribution in [-0.4, -0.2) is 17.4 Å². The fraction of sp³-hybridized carbons (Fsp3) is 0.571. The highest BCUT2D eigenvalue weighted by Gasteiger charge is 2.04. The molecule has 0 saturated heterocycles. The van der Waals surface area contributed by atoms with Crippen molar-refractivity contribution in [2.45, 2.75) is 27.6 Å². The van der Waals surface area contributed by atoms with Crippen molar-refractivity contribution in [3.05, 3.63) is 12.2 Å². The van der Waals surface area contributed by atoms with Crippen molar-refractivity contribution in [3.63, 3.8) is 0 Å². The van der Waals surface area contributed by atoms with Crippen LogP contribution in [0.4, 0.5) is 0 Å². The number of esters is 1. The molecule has 0 amide bonds. The van der Waals surface area contributed by atoms with Gasteiger partial charge in [-0.15, -0.1) is 0 Å². The summed E-state index contributed by atoms with van der Waals surface area (Å²) in [7, 11) is 0. The highest BCUT2D eigenvalue weighted by Crippen LogP contribution is 1.94. The largest absolute Gasteiger partial charge is 0.433 e. The number of carbonyl (C=O) groups is 1. The van der Waals surface area contributed by atoms with Crippen molar-refractivity contribution in [3.8, 4) is 0 Å². The van der Waals surface area contributed by atoms with E-state index in [-0.39, 0.29) is 13.0 Å². The van der Waals surface area contributed by atoms with Crippen LogP contribution >= 0.6 is 0 Å². The van der Waals surface area contributed by atoms with E-state index < -0.39 is 12.3 Å². The summed E-state index contributed by atoms with van der Waals surface area (Å²) in [6.45, 7) is 6.20. The second kappa shape index (κ2) is 4.99. The van der Waals surface area contributed by atoms with Gasteiger partial charge in [0.05, 0.1) is 0 Å². The van der Waals surface area contributed by atoms with E-state index in [1.165, 1.54) is 13.8 Å². The van der Waals surface area contributed by atoms with Gasteiger partial charge >= 0.3 is 5.97 Å². The van der Waals surface area contributed by atoms with Gasteiger partial charge in [-0.2, -0.15) is 0 Å². The average Bonchev–Trinajstić information content (AvgIpc) is 1.63. The third-order valence-electron chi connectivity index (χ3n) is 0.626. The molecular weight excluding hydrogens is 132 g/mol. The number of aliphatic hydroxyl groups is 1. The Morgan fingerprint density at radius 2 is 2.10 bits per heavy atom. The topological polar surface area (TPSA) is 46.5 Å². The first kappa shape index (κ1) is 11.9. The molecule has 0 aromatic rings. The monoisotopic (exact) mass is 146 g/mol.